The van der Waals surface area contributed by atoms with Crippen molar-refractivity contribution >= 4 is 40.3 Å². The van der Waals surface area contributed by atoms with Gasteiger partial charge in [-0.05, 0) is 64.0 Å². The van der Waals surface area contributed by atoms with Crippen LogP contribution in [0.3, 0.4) is 0 Å². The second kappa shape index (κ2) is 10.3. The summed E-state index contributed by atoms with van der Waals surface area (Å²) in [4.78, 5) is 45.8. The number of hydrogen-bond acceptors (Lipinski definition) is 6. The average Bonchev–Trinajstić information content (AvgIpc) is 3.55. The maximum atomic E-state index is 12.6. The quantitative estimate of drug-likeness (QED) is 0.635. The predicted molar refractivity (Wildman–Crippen MR) is 132 cm³/mol. The van der Waals surface area contributed by atoms with Gasteiger partial charge in [-0.1, -0.05) is 24.6 Å². The monoisotopic (exact) mass is 471 g/mol. The van der Waals surface area contributed by atoms with Gasteiger partial charge >= 0.3 is 0 Å². The molecule has 1 aromatic rings. The minimum atomic E-state index is -0.467. The van der Waals surface area contributed by atoms with E-state index >= 15 is 0 Å². The Bertz CT molecular complexity index is 919. The summed E-state index contributed by atoms with van der Waals surface area (Å²) < 4.78 is 0. The largest absolute Gasteiger partial charge is 0.351 e. The van der Waals surface area contributed by atoms with E-state index in [0.29, 0.717) is 17.8 Å². The van der Waals surface area contributed by atoms with Crippen LogP contribution in [0.2, 0.25) is 0 Å². The minimum Gasteiger partial charge on any atom is -0.351 e. The Kier molecular flexibility index (Phi) is 7.38. The third kappa shape index (κ3) is 5.58. The predicted octanol–water partition coefficient (Wildman–Crippen LogP) is 2.71. The lowest BCUT2D eigenvalue weighted by Crippen LogP contribution is -2.50. The molecule has 3 aliphatic rings. The van der Waals surface area contributed by atoms with Gasteiger partial charge in [0.2, 0.25) is 5.91 Å². The molecule has 9 heteroatoms. The van der Waals surface area contributed by atoms with Crippen molar-refractivity contribution in [2.45, 2.75) is 55.7 Å². The first-order valence-electron chi connectivity index (χ1n) is 11.8. The molecule has 2 fully saturated rings. The molecule has 2 N–H and O–H groups in total. The number of likely N-dealkylation sites (tertiary alicyclic amines) is 1. The minimum absolute atomic E-state index is 0.0393. The Labute approximate surface area is 199 Å². The van der Waals surface area contributed by atoms with E-state index in [2.05, 4.69) is 39.5 Å². The van der Waals surface area contributed by atoms with E-state index in [1.165, 1.54) is 24.6 Å². The van der Waals surface area contributed by atoms with Crippen molar-refractivity contribution in [3.8, 4) is 0 Å². The molecule has 178 valence electrons. The highest BCUT2D eigenvalue weighted by molar-refractivity contribution is 8.15. The third-order valence-electron chi connectivity index (χ3n) is 6.97. The SMILES string of the molecule is CN(C)C1(CNC(=O)c2ccc(NC(=O)CC3SC(N4CCCC4)=NC3=O)cc2)CCCC1. The number of amidine groups is 1. The van der Waals surface area contributed by atoms with E-state index in [9.17, 15) is 14.4 Å². The molecule has 1 aromatic carbocycles. The van der Waals surface area contributed by atoms with Crippen LogP contribution >= 0.6 is 11.8 Å². The molecule has 1 unspecified atom stereocenters. The molecule has 8 nitrogen and oxygen atoms in total. The van der Waals surface area contributed by atoms with Gasteiger partial charge in [0.1, 0.15) is 5.25 Å². The number of nitrogens with one attached hydrogen (secondary N) is 2. The molecule has 0 aromatic heterocycles. The van der Waals surface area contributed by atoms with Crippen LogP contribution in [0.4, 0.5) is 5.69 Å². The van der Waals surface area contributed by atoms with Crippen molar-refractivity contribution in [1.29, 1.82) is 0 Å². The smallest absolute Gasteiger partial charge is 0.262 e. The standard InChI is InChI=1S/C24H33N5O3S/c1-28(2)24(11-3-4-12-24)16-25-21(31)17-7-9-18(10-8-17)26-20(30)15-19-22(32)27-23(33-19)29-13-5-6-14-29/h7-10,19H,3-6,11-16H2,1-2H3,(H,25,31)(H,26,30). The lowest BCUT2D eigenvalue weighted by molar-refractivity contribution is -0.121. The van der Waals surface area contributed by atoms with Crippen molar-refractivity contribution in [3.05, 3.63) is 29.8 Å². The number of thioether (sulfide) groups is 1. The summed E-state index contributed by atoms with van der Waals surface area (Å²) >= 11 is 1.39. The normalized spacial score (nSPS) is 22.0. The Morgan fingerprint density at radius 1 is 1.12 bits per heavy atom. The van der Waals surface area contributed by atoms with Gasteiger partial charge in [-0.2, -0.15) is 4.99 Å². The molecule has 3 amide bonds. The molecule has 1 saturated carbocycles. The van der Waals surface area contributed by atoms with Crippen LogP contribution in [0.25, 0.3) is 0 Å². The van der Waals surface area contributed by atoms with Crippen LogP contribution < -0.4 is 10.6 Å². The number of rotatable bonds is 7. The van der Waals surface area contributed by atoms with Gasteiger partial charge in [-0.3, -0.25) is 14.4 Å². The lowest BCUT2D eigenvalue weighted by atomic mass is 9.96. The second-order valence-corrected chi connectivity index (χ2v) is 10.5. The molecule has 0 radical (unpaired) electrons. The van der Waals surface area contributed by atoms with Crippen molar-refractivity contribution in [3.63, 3.8) is 0 Å². The molecule has 1 atom stereocenters. The van der Waals surface area contributed by atoms with Gasteiger partial charge < -0.3 is 20.4 Å². The van der Waals surface area contributed by atoms with Gasteiger partial charge in [0.25, 0.3) is 11.8 Å². The second-order valence-electron chi connectivity index (χ2n) is 9.37. The number of likely N-dealkylation sites (N-methyl/N-ethyl adjacent to an activating group) is 1. The first-order chi connectivity index (χ1) is 15.9. The molecule has 1 aliphatic carbocycles. The highest BCUT2D eigenvalue weighted by Crippen LogP contribution is 2.33. The van der Waals surface area contributed by atoms with Gasteiger partial charge in [0, 0.05) is 42.8 Å². The molecule has 0 bridgehead atoms. The van der Waals surface area contributed by atoms with Crippen LogP contribution in [0.1, 0.15) is 55.3 Å². The molecule has 33 heavy (non-hydrogen) atoms. The first kappa shape index (κ1) is 23.8. The van der Waals surface area contributed by atoms with Crippen LogP contribution in [0.5, 0.6) is 0 Å². The summed E-state index contributed by atoms with van der Waals surface area (Å²) in [5.74, 6) is -0.576. The maximum Gasteiger partial charge on any atom is 0.262 e. The Morgan fingerprint density at radius 3 is 2.42 bits per heavy atom. The van der Waals surface area contributed by atoms with Crippen molar-refractivity contribution in [2.24, 2.45) is 4.99 Å². The van der Waals surface area contributed by atoms with Gasteiger partial charge in [0.15, 0.2) is 5.17 Å². The van der Waals surface area contributed by atoms with E-state index in [4.69, 9.17) is 0 Å². The van der Waals surface area contributed by atoms with Crippen molar-refractivity contribution < 1.29 is 14.4 Å². The number of nitrogens with zero attached hydrogens (tertiary/aromatic N) is 3. The highest BCUT2D eigenvalue weighted by atomic mass is 32.2. The van der Waals surface area contributed by atoms with E-state index in [-0.39, 0.29) is 29.7 Å². The van der Waals surface area contributed by atoms with Crippen molar-refractivity contribution in [2.75, 3.05) is 39.0 Å². The zero-order valence-electron chi connectivity index (χ0n) is 19.4. The van der Waals surface area contributed by atoms with Crippen LogP contribution in [0, 0.1) is 0 Å². The molecule has 0 spiro atoms. The number of carbonyl (C=O) groups excluding carboxylic acids is 3. The van der Waals surface area contributed by atoms with Crippen LogP contribution in [-0.2, 0) is 9.59 Å². The van der Waals surface area contributed by atoms with Crippen LogP contribution in [0.15, 0.2) is 29.3 Å². The number of aliphatic imine (C=N–C) groups is 1. The molecule has 4 rings (SSSR count). The third-order valence-corrected chi connectivity index (χ3v) is 8.18. The zero-order chi connectivity index (χ0) is 23.4. The summed E-state index contributed by atoms with van der Waals surface area (Å²) in [5.41, 5.74) is 1.20. The Balaban J connectivity index is 1.25. The summed E-state index contributed by atoms with van der Waals surface area (Å²) in [5, 5.41) is 6.19. The van der Waals surface area contributed by atoms with E-state index in [1.807, 2.05) is 0 Å². The fourth-order valence-electron chi connectivity index (χ4n) is 4.80. The summed E-state index contributed by atoms with van der Waals surface area (Å²) in [6.07, 6.45) is 6.89. The number of anilines is 1. The number of benzene rings is 1. The molecular weight excluding hydrogens is 438 g/mol. The molecular formula is C24H33N5O3S. The molecule has 2 heterocycles. The lowest BCUT2D eigenvalue weighted by Gasteiger charge is -2.36. The topological polar surface area (TPSA) is 94.1 Å². The van der Waals surface area contributed by atoms with Gasteiger partial charge in [-0.15, -0.1) is 0 Å². The first-order valence-corrected chi connectivity index (χ1v) is 12.6. The fourth-order valence-corrected chi connectivity index (χ4v) is 5.92. The molecule has 2 aliphatic heterocycles. The highest BCUT2D eigenvalue weighted by Gasteiger charge is 2.36. The van der Waals surface area contributed by atoms with E-state index in [1.54, 1.807) is 24.3 Å². The summed E-state index contributed by atoms with van der Waals surface area (Å²) in [7, 11) is 4.15. The number of hydrogen-bond donors (Lipinski definition) is 2. The Hall–Kier alpha value is -2.39. The summed E-state index contributed by atoms with van der Waals surface area (Å²) in [6, 6.07) is 6.87. The fraction of sp³-hybridized carbons (Fsp3) is 0.583. The number of carbonyl (C=O) groups is 3. The maximum absolute atomic E-state index is 12.6. The Morgan fingerprint density at radius 2 is 1.79 bits per heavy atom. The average molecular weight is 472 g/mol. The zero-order valence-corrected chi connectivity index (χ0v) is 20.2. The van der Waals surface area contributed by atoms with Gasteiger partial charge in [0.05, 0.1) is 0 Å². The number of amides is 3. The van der Waals surface area contributed by atoms with E-state index in [0.717, 1.165) is 43.9 Å². The van der Waals surface area contributed by atoms with E-state index < -0.39 is 5.25 Å². The van der Waals surface area contributed by atoms with Crippen LogP contribution in [-0.4, -0.2) is 77.2 Å². The molecule has 1 saturated heterocycles. The van der Waals surface area contributed by atoms with Gasteiger partial charge in [-0.25, -0.2) is 0 Å². The summed E-state index contributed by atoms with van der Waals surface area (Å²) in [6.45, 7) is 2.48. The van der Waals surface area contributed by atoms with Crippen molar-refractivity contribution in [1.82, 2.24) is 15.1 Å².